The summed E-state index contributed by atoms with van der Waals surface area (Å²) in [5.41, 5.74) is 3.56. The van der Waals surface area contributed by atoms with E-state index in [0.29, 0.717) is 12.5 Å². The molecule has 3 rings (SSSR count). The standard InChI is InChI=1S/C21H26N2O2/c1-16-14-17(8-9-20(16)25-2)15-22-21(24)23-12-10-19(11-13-23)18-6-4-3-5-7-18/h3-9,14,19H,10-13,15H2,1-2H3,(H,22,24). The van der Waals surface area contributed by atoms with Crippen LogP contribution < -0.4 is 10.1 Å². The maximum absolute atomic E-state index is 12.4. The summed E-state index contributed by atoms with van der Waals surface area (Å²) in [6, 6.07) is 16.6. The molecule has 132 valence electrons. The minimum atomic E-state index is 0.0278. The molecular formula is C21H26N2O2. The van der Waals surface area contributed by atoms with Crippen molar-refractivity contribution < 1.29 is 9.53 Å². The number of nitrogens with zero attached hydrogens (tertiary/aromatic N) is 1. The summed E-state index contributed by atoms with van der Waals surface area (Å²) in [4.78, 5) is 14.3. The van der Waals surface area contributed by atoms with Gasteiger partial charge in [0, 0.05) is 19.6 Å². The Labute approximate surface area is 149 Å². The van der Waals surface area contributed by atoms with Crippen molar-refractivity contribution in [2.24, 2.45) is 0 Å². The number of ether oxygens (including phenoxy) is 1. The number of carbonyl (C=O) groups excluding carboxylic acids is 1. The zero-order valence-corrected chi connectivity index (χ0v) is 15.0. The molecule has 1 N–H and O–H groups in total. The van der Waals surface area contributed by atoms with Crippen molar-refractivity contribution in [2.45, 2.75) is 32.2 Å². The van der Waals surface area contributed by atoms with Gasteiger partial charge in [0.05, 0.1) is 7.11 Å². The summed E-state index contributed by atoms with van der Waals surface area (Å²) in [6.07, 6.45) is 2.05. The van der Waals surface area contributed by atoms with Crippen LogP contribution in [0.25, 0.3) is 0 Å². The molecule has 4 nitrogen and oxygen atoms in total. The van der Waals surface area contributed by atoms with Crippen molar-refractivity contribution in [3.8, 4) is 5.75 Å². The Kier molecular flexibility index (Phi) is 5.59. The van der Waals surface area contributed by atoms with E-state index in [9.17, 15) is 4.79 Å². The summed E-state index contributed by atoms with van der Waals surface area (Å²) < 4.78 is 5.27. The van der Waals surface area contributed by atoms with E-state index in [-0.39, 0.29) is 6.03 Å². The third-order valence-corrected chi connectivity index (χ3v) is 4.96. The lowest BCUT2D eigenvalue weighted by Crippen LogP contribution is -2.43. The van der Waals surface area contributed by atoms with Crippen LogP contribution in [0.1, 0.15) is 35.4 Å². The molecular weight excluding hydrogens is 312 g/mol. The summed E-state index contributed by atoms with van der Waals surface area (Å²) in [5, 5.41) is 3.03. The van der Waals surface area contributed by atoms with E-state index < -0.39 is 0 Å². The van der Waals surface area contributed by atoms with Gasteiger partial charge in [0.1, 0.15) is 5.75 Å². The number of hydrogen-bond donors (Lipinski definition) is 1. The van der Waals surface area contributed by atoms with Crippen LogP contribution in [0.4, 0.5) is 4.79 Å². The first-order valence-corrected chi connectivity index (χ1v) is 8.88. The zero-order chi connectivity index (χ0) is 17.6. The Morgan fingerprint density at radius 1 is 1.16 bits per heavy atom. The maximum atomic E-state index is 12.4. The van der Waals surface area contributed by atoms with Gasteiger partial charge < -0.3 is 15.0 Å². The summed E-state index contributed by atoms with van der Waals surface area (Å²) in [6.45, 7) is 4.18. The summed E-state index contributed by atoms with van der Waals surface area (Å²) in [5.74, 6) is 1.44. The van der Waals surface area contributed by atoms with Crippen molar-refractivity contribution in [1.82, 2.24) is 10.2 Å². The van der Waals surface area contributed by atoms with Crippen molar-refractivity contribution in [3.63, 3.8) is 0 Å². The third-order valence-electron chi connectivity index (χ3n) is 4.96. The summed E-state index contributed by atoms with van der Waals surface area (Å²) in [7, 11) is 1.67. The van der Waals surface area contributed by atoms with Gasteiger partial charge in [0.25, 0.3) is 0 Å². The minimum absolute atomic E-state index is 0.0278. The number of aryl methyl sites for hydroxylation is 1. The van der Waals surface area contributed by atoms with E-state index in [4.69, 9.17) is 4.74 Å². The molecule has 25 heavy (non-hydrogen) atoms. The maximum Gasteiger partial charge on any atom is 0.317 e. The highest BCUT2D eigenvalue weighted by Gasteiger charge is 2.23. The van der Waals surface area contributed by atoms with Crippen LogP contribution in [-0.2, 0) is 6.54 Å². The van der Waals surface area contributed by atoms with Crippen LogP contribution in [-0.4, -0.2) is 31.1 Å². The lowest BCUT2D eigenvalue weighted by atomic mass is 9.90. The fraction of sp³-hybridized carbons (Fsp3) is 0.381. The van der Waals surface area contributed by atoms with Crippen molar-refractivity contribution >= 4 is 6.03 Å². The Balaban J connectivity index is 1.49. The second-order valence-corrected chi connectivity index (χ2v) is 6.63. The van der Waals surface area contributed by atoms with E-state index in [1.54, 1.807) is 7.11 Å². The van der Waals surface area contributed by atoms with Gasteiger partial charge >= 0.3 is 6.03 Å². The van der Waals surface area contributed by atoms with Crippen molar-refractivity contribution in [1.29, 1.82) is 0 Å². The third kappa shape index (κ3) is 4.32. The predicted octanol–water partition coefficient (Wildman–Crippen LogP) is 4.09. The number of amides is 2. The molecule has 1 saturated heterocycles. The molecule has 1 fully saturated rings. The Morgan fingerprint density at radius 3 is 2.52 bits per heavy atom. The zero-order valence-electron chi connectivity index (χ0n) is 15.0. The fourth-order valence-electron chi connectivity index (χ4n) is 3.48. The van der Waals surface area contributed by atoms with Gasteiger partial charge in [-0.15, -0.1) is 0 Å². The number of hydrogen-bond acceptors (Lipinski definition) is 2. The average molecular weight is 338 g/mol. The van der Waals surface area contributed by atoms with Gasteiger partial charge in [-0.2, -0.15) is 0 Å². The highest BCUT2D eigenvalue weighted by atomic mass is 16.5. The quantitative estimate of drug-likeness (QED) is 0.912. The molecule has 2 amide bonds. The monoisotopic (exact) mass is 338 g/mol. The molecule has 2 aromatic carbocycles. The SMILES string of the molecule is COc1ccc(CNC(=O)N2CCC(c3ccccc3)CC2)cc1C. The molecule has 1 aliphatic rings. The van der Waals surface area contributed by atoms with Gasteiger partial charge in [0.2, 0.25) is 0 Å². The van der Waals surface area contributed by atoms with Crippen molar-refractivity contribution in [3.05, 3.63) is 65.2 Å². The fourth-order valence-corrected chi connectivity index (χ4v) is 3.48. The first-order chi connectivity index (χ1) is 12.2. The van der Waals surface area contributed by atoms with E-state index in [1.807, 2.05) is 30.0 Å². The molecule has 4 heteroatoms. The van der Waals surface area contributed by atoms with Gasteiger partial charge in [-0.3, -0.25) is 0 Å². The van der Waals surface area contributed by atoms with Gasteiger partial charge in [-0.25, -0.2) is 4.79 Å². The van der Waals surface area contributed by atoms with Crippen molar-refractivity contribution in [2.75, 3.05) is 20.2 Å². The normalized spacial score (nSPS) is 15.0. The van der Waals surface area contributed by atoms with Crippen LogP contribution >= 0.6 is 0 Å². The van der Waals surface area contributed by atoms with Crippen LogP contribution in [0.15, 0.2) is 48.5 Å². The molecule has 0 unspecified atom stereocenters. The highest BCUT2D eigenvalue weighted by molar-refractivity contribution is 5.74. The molecule has 0 radical (unpaired) electrons. The number of piperidine rings is 1. The van der Waals surface area contributed by atoms with Crippen LogP contribution in [0.2, 0.25) is 0 Å². The Hall–Kier alpha value is -2.49. The second kappa shape index (κ2) is 8.06. The smallest absolute Gasteiger partial charge is 0.317 e. The van der Waals surface area contributed by atoms with E-state index in [0.717, 1.165) is 42.8 Å². The minimum Gasteiger partial charge on any atom is -0.496 e. The van der Waals surface area contributed by atoms with E-state index in [1.165, 1.54) is 5.56 Å². The first-order valence-electron chi connectivity index (χ1n) is 8.88. The number of nitrogens with one attached hydrogen (secondary N) is 1. The number of likely N-dealkylation sites (tertiary alicyclic amines) is 1. The highest BCUT2D eigenvalue weighted by Crippen LogP contribution is 2.27. The molecule has 1 heterocycles. The van der Waals surface area contributed by atoms with Gasteiger partial charge in [-0.05, 0) is 48.4 Å². The molecule has 0 aliphatic carbocycles. The topological polar surface area (TPSA) is 41.6 Å². The molecule has 1 aliphatic heterocycles. The van der Waals surface area contributed by atoms with Crippen LogP contribution in [0, 0.1) is 6.92 Å². The predicted molar refractivity (Wildman–Crippen MR) is 100.0 cm³/mol. The molecule has 2 aromatic rings. The van der Waals surface area contributed by atoms with Crippen LogP contribution in [0.5, 0.6) is 5.75 Å². The first kappa shape index (κ1) is 17.3. The van der Waals surface area contributed by atoms with E-state index >= 15 is 0 Å². The van der Waals surface area contributed by atoms with E-state index in [2.05, 4.69) is 35.6 Å². The van der Waals surface area contributed by atoms with Gasteiger partial charge in [-0.1, -0.05) is 42.5 Å². The number of carbonyl (C=O) groups is 1. The lowest BCUT2D eigenvalue weighted by Gasteiger charge is -2.32. The lowest BCUT2D eigenvalue weighted by molar-refractivity contribution is 0.181. The molecule has 0 aromatic heterocycles. The Bertz CT molecular complexity index is 707. The number of benzene rings is 2. The number of methoxy groups -OCH3 is 1. The molecule has 0 saturated carbocycles. The van der Waals surface area contributed by atoms with Crippen LogP contribution in [0.3, 0.4) is 0 Å². The molecule has 0 spiro atoms. The second-order valence-electron chi connectivity index (χ2n) is 6.63. The largest absolute Gasteiger partial charge is 0.496 e. The van der Waals surface area contributed by atoms with Gasteiger partial charge in [0.15, 0.2) is 0 Å². The molecule has 0 atom stereocenters. The Morgan fingerprint density at radius 2 is 1.88 bits per heavy atom. The number of urea groups is 1. The average Bonchev–Trinajstić information content (AvgIpc) is 2.67. The molecule has 0 bridgehead atoms. The summed E-state index contributed by atoms with van der Waals surface area (Å²) >= 11 is 0. The number of rotatable bonds is 4.